The Morgan fingerprint density at radius 2 is 1.64 bits per heavy atom. The van der Waals surface area contributed by atoms with Crippen LogP contribution in [0.1, 0.15) is 24.5 Å². The number of Topliss-reactive ketones (excluding diaryl/α,β-unsaturated/α-hetero) is 1. The van der Waals surface area contributed by atoms with E-state index in [2.05, 4.69) is 38.1 Å². The molecule has 0 aromatic heterocycles. The normalized spacial score (nSPS) is 8.50. The van der Waals surface area contributed by atoms with E-state index in [1.165, 1.54) is 11.1 Å². The van der Waals surface area contributed by atoms with Crippen LogP contribution in [0.3, 0.4) is 0 Å². The molecular formula is C12H16O2. The van der Waals surface area contributed by atoms with Crippen LogP contribution in [0.4, 0.5) is 0 Å². The Hall–Kier alpha value is -1.44. The van der Waals surface area contributed by atoms with E-state index in [-0.39, 0.29) is 5.78 Å². The van der Waals surface area contributed by atoms with Gasteiger partial charge >= 0.3 is 0 Å². The van der Waals surface area contributed by atoms with Crippen molar-refractivity contribution in [3.05, 3.63) is 35.4 Å². The highest BCUT2D eigenvalue weighted by Gasteiger charge is 1.87. The molecule has 0 fully saturated rings. The van der Waals surface area contributed by atoms with Crippen molar-refractivity contribution in [3.63, 3.8) is 0 Å². The smallest absolute Gasteiger partial charge is 0.194 e. The maximum Gasteiger partial charge on any atom is 0.194 e. The molecule has 0 amide bonds. The Morgan fingerprint density at radius 3 is 1.79 bits per heavy atom. The van der Waals surface area contributed by atoms with Crippen molar-refractivity contribution in [2.24, 2.45) is 0 Å². The topological polar surface area (TPSA) is 34.1 Å². The number of benzene rings is 1. The average molecular weight is 192 g/mol. The fourth-order valence-corrected chi connectivity index (χ4v) is 0.746. The van der Waals surface area contributed by atoms with Gasteiger partial charge in [0.1, 0.15) is 0 Å². The predicted molar refractivity (Wildman–Crippen MR) is 57.3 cm³/mol. The van der Waals surface area contributed by atoms with Gasteiger partial charge < -0.3 is 0 Å². The number of rotatable bonds is 2. The molecule has 14 heavy (non-hydrogen) atoms. The minimum absolute atomic E-state index is 0.323. The predicted octanol–water partition coefficient (Wildman–Crippen LogP) is 2.47. The summed E-state index contributed by atoms with van der Waals surface area (Å²) < 4.78 is 0. The second-order valence-corrected chi connectivity index (χ2v) is 3.02. The Morgan fingerprint density at radius 1 is 1.21 bits per heavy atom. The Balaban J connectivity index is 0.000000255. The molecule has 0 atom stereocenters. The number of hydrogen-bond donors (Lipinski definition) is 0. The lowest BCUT2D eigenvalue weighted by Gasteiger charge is -1.93. The molecule has 0 bridgehead atoms. The van der Waals surface area contributed by atoms with Crippen LogP contribution in [-0.2, 0) is 9.59 Å². The molecule has 0 unspecified atom stereocenters. The summed E-state index contributed by atoms with van der Waals surface area (Å²) in [5.41, 5.74) is 2.74. The molecule has 2 nitrogen and oxygen atoms in total. The summed E-state index contributed by atoms with van der Waals surface area (Å²) in [5.74, 6) is -0.338. The van der Waals surface area contributed by atoms with Gasteiger partial charge in [0.15, 0.2) is 12.1 Å². The molecule has 0 N–H and O–H groups in total. The maximum absolute atomic E-state index is 9.81. The fourth-order valence-electron chi connectivity index (χ4n) is 0.746. The van der Waals surface area contributed by atoms with Crippen LogP contribution in [0.2, 0.25) is 0 Å². The van der Waals surface area contributed by atoms with Crippen LogP contribution in [0.5, 0.6) is 0 Å². The zero-order valence-electron chi connectivity index (χ0n) is 8.91. The van der Waals surface area contributed by atoms with Crippen molar-refractivity contribution >= 4 is 12.1 Å². The lowest BCUT2D eigenvalue weighted by Crippen LogP contribution is -1.92. The Bertz CT molecular complexity index is 282. The van der Waals surface area contributed by atoms with E-state index in [4.69, 9.17) is 0 Å². The third-order valence-electron chi connectivity index (χ3n) is 1.91. The van der Waals surface area contributed by atoms with Crippen LogP contribution < -0.4 is 0 Å². The number of aryl methyl sites for hydroxylation is 2. The SMILES string of the molecule is CCC(=O)C=O.Cc1ccccc1C. The monoisotopic (exact) mass is 192 g/mol. The highest BCUT2D eigenvalue weighted by Crippen LogP contribution is 2.02. The van der Waals surface area contributed by atoms with E-state index < -0.39 is 0 Å². The van der Waals surface area contributed by atoms with Gasteiger partial charge in [-0.05, 0) is 25.0 Å². The van der Waals surface area contributed by atoms with E-state index in [0.717, 1.165) is 0 Å². The van der Waals surface area contributed by atoms with Crippen LogP contribution >= 0.6 is 0 Å². The third kappa shape index (κ3) is 5.25. The lowest BCUT2D eigenvalue weighted by molar-refractivity contribution is -0.129. The van der Waals surface area contributed by atoms with E-state index in [1.54, 1.807) is 6.92 Å². The standard InChI is InChI=1S/C8H10.C4H6O2/c1-7-5-3-4-6-8(7)2;1-2-4(6)3-5/h3-6H,1-2H3;3H,2H2,1H3. The second kappa shape index (κ2) is 7.01. The summed E-state index contributed by atoms with van der Waals surface area (Å²) in [5, 5.41) is 0. The number of hydrogen-bond acceptors (Lipinski definition) is 2. The highest BCUT2D eigenvalue weighted by atomic mass is 16.2. The second-order valence-electron chi connectivity index (χ2n) is 3.02. The fraction of sp³-hybridized carbons (Fsp3) is 0.333. The number of ketones is 1. The average Bonchev–Trinajstić information content (AvgIpc) is 2.22. The van der Waals surface area contributed by atoms with Crippen molar-refractivity contribution in [2.45, 2.75) is 27.2 Å². The van der Waals surface area contributed by atoms with E-state index >= 15 is 0 Å². The minimum atomic E-state index is -0.338. The van der Waals surface area contributed by atoms with E-state index in [9.17, 15) is 9.59 Å². The van der Waals surface area contributed by atoms with Gasteiger partial charge in [-0.15, -0.1) is 0 Å². The van der Waals surface area contributed by atoms with Gasteiger partial charge in [0.25, 0.3) is 0 Å². The number of carbonyl (C=O) groups excluding carboxylic acids is 2. The number of carbonyl (C=O) groups is 2. The third-order valence-corrected chi connectivity index (χ3v) is 1.91. The first kappa shape index (κ1) is 12.6. The molecule has 1 aromatic rings. The van der Waals surface area contributed by atoms with Gasteiger partial charge in [-0.2, -0.15) is 0 Å². The quantitative estimate of drug-likeness (QED) is 0.533. The molecule has 0 saturated heterocycles. The van der Waals surface area contributed by atoms with Gasteiger partial charge in [0.05, 0.1) is 0 Å². The Kier molecular flexibility index (Phi) is 6.29. The summed E-state index contributed by atoms with van der Waals surface area (Å²) in [6.07, 6.45) is 0.656. The van der Waals surface area contributed by atoms with Crippen LogP contribution in [0, 0.1) is 13.8 Å². The van der Waals surface area contributed by atoms with Crippen LogP contribution in [-0.4, -0.2) is 12.1 Å². The summed E-state index contributed by atoms with van der Waals surface area (Å²) in [7, 11) is 0. The summed E-state index contributed by atoms with van der Waals surface area (Å²) >= 11 is 0. The van der Waals surface area contributed by atoms with Crippen molar-refractivity contribution in [2.75, 3.05) is 0 Å². The molecule has 0 aliphatic carbocycles. The molecule has 0 aliphatic heterocycles. The first-order valence-electron chi connectivity index (χ1n) is 4.62. The molecule has 0 radical (unpaired) electrons. The van der Waals surface area contributed by atoms with Crippen molar-refractivity contribution in [1.82, 2.24) is 0 Å². The molecule has 0 aliphatic rings. The summed E-state index contributed by atoms with van der Waals surface area (Å²) in [4.78, 5) is 19.2. The highest BCUT2D eigenvalue weighted by molar-refractivity contribution is 6.24. The van der Waals surface area contributed by atoms with Crippen molar-refractivity contribution < 1.29 is 9.59 Å². The molecular weight excluding hydrogens is 176 g/mol. The van der Waals surface area contributed by atoms with E-state index in [0.29, 0.717) is 12.7 Å². The van der Waals surface area contributed by atoms with Crippen molar-refractivity contribution in [3.8, 4) is 0 Å². The first-order chi connectivity index (χ1) is 6.61. The lowest BCUT2D eigenvalue weighted by atomic mass is 10.1. The zero-order valence-corrected chi connectivity index (χ0v) is 8.91. The molecule has 0 saturated carbocycles. The molecule has 1 aromatic carbocycles. The van der Waals surface area contributed by atoms with Crippen molar-refractivity contribution in [1.29, 1.82) is 0 Å². The van der Waals surface area contributed by atoms with Crippen LogP contribution in [0.25, 0.3) is 0 Å². The zero-order chi connectivity index (χ0) is 11.0. The van der Waals surface area contributed by atoms with Gasteiger partial charge in [0.2, 0.25) is 0 Å². The van der Waals surface area contributed by atoms with Gasteiger partial charge in [-0.3, -0.25) is 9.59 Å². The molecule has 2 heteroatoms. The number of aldehydes is 1. The molecule has 0 spiro atoms. The van der Waals surface area contributed by atoms with E-state index in [1.807, 2.05) is 0 Å². The summed E-state index contributed by atoms with van der Waals surface area (Å²) in [6, 6.07) is 8.36. The first-order valence-corrected chi connectivity index (χ1v) is 4.62. The Labute approximate surface area is 84.9 Å². The molecule has 0 heterocycles. The van der Waals surface area contributed by atoms with Gasteiger partial charge in [-0.25, -0.2) is 0 Å². The maximum atomic E-state index is 9.81. The molecule has 1 rings (SSSR count). The summed E-state index contributed by atoms with van der Waals surface area (Å²) in [6.45, 7) is 5.89. The largest absolute Gasteiger partial charge is 0.295 e. The van der Waals surface area contributed by atoms with Crippen LogP contribution in [0.15, 0.2) is 24.3 Å². The van der Waals surface area contributed by atoms with Gasteiger partial charge in [0, 0.05) is 6.42 Å². The van der Waals surface area contributed by atoms with Gasteiger partial charge in [-0.1, -0.05) is 31.2 Å². The molecule has 76 valence electrons. The minimum Gasteiger partial charge on any atom is -0.295 e.